The lowest BCUT2D eigenvalue weighted by Gasteiger charge is -2.35. The Labute approximate surface area is 141 Å². The summed E-state index contributed by atoms with van der Waals surface area (Å²) in [6.45, 7) is 2.25. The summed E-state index contributed by atoms with van der Waals surface area (Å²) in [6.07, 6.45) is 5.78. The molecule has 0 saturated carbocycles. The van der Waals surface area contributed by atoms with Crippen molar-refractivity contribution < 1.29 is 4.79 Å². The molecule has 1 unspecified atom stereocenters. The molecule has 1 N–H and O–H groups in total. The molecule has 1 fully saturated rings. The first kappa shape index (κ1) is 16.1. The molecule has 3 rings (SSSR count). The maximum Gasteiger partial charge on any atom is 0.254 e. The fourth-order valence-electron chi connectivity index (χ4n) is 2.95. The highest BCUT2D eigenvalue weighted by Crippen LogP contribution is 2.23. The van der Waals surface area contributed by atoms with Gasteiger partial charge in [0.05, 0.1) is 0 Å². The second-order valence-corrected chi connectivity index (χ2v) is 6.61. The molecule has 2 aromatic rings. The van der Waals surface area contributed by atoms with Gasteiger partial charge in [-0.15, -0.1) is 0 Å². The summed E-state index contributed by atoms with van der Waals surface area (Å²) < 4.78 is 1.99. The molecule has 0 bridgehead atoms. The van der Waals surface area contributed by atoms with E-state index >= 15 is 0 Å². The highest BCUT2D eigenvalue weighted by molar-refractivity contribution is 7.97. The molecule has 23 heavy (non-hydrogen) atoms. The number of carbonyl (C=O) groups is 1. The van der Waals surface area contributed by atoms with E-state index in [1.54, 1.807) is 18.0 Å². The monoisotopic (exact) mass is 330 g/mol. The van der Waals surface area contributed by atoms with Gasteiger partial charge in [-0.25, -0.2) is 4.98 Å². The average molecular weight is 330 g/mol. The summed E-state index contributed by atoms with van der Waals surface area (Å²) in [6, 6.07) is 7.93. The summed E-state index contributed by atoms with van der Waals surface area (Å²) in [5.41, 5.74) is 1.99. The van der Waals surface area contributed by atoms with Crippen LogP contribution in [0.15, 0.2) is 36.7 Å². The van der Waals surface area contributed by atoms with Crippen LogP contribution in [-0.2, 0) is 12.8 Å². The number of nitrogens with one attached hydrogen (secondary N) is 1. The van der Waals surface area contributed by atoms with Crippen molar-refractivity contribution in [1.82, 2.24) is 19.8 Å². The summed E-state index contributed by atoms with van der Waals surface area (Å²) in [7, 11) is 1.97. The molecule has 0 spiro atoms. The predicted molar refractivity (Wildman–Crippen MR) is 93.5 cm³/mol. The van der Waals surface area contributed by atoms with E-state index in [9.17, 15) is 4.79 Å². The third-order valence-corrected chi connectivity index (χ3v) is 4.79. The van der Waals surface area contributed by atoms with Gasteiger partial charge in [0, 0.05) is 50.4 Å². The molecule has 5 nitrogen and oxygen atoms in total. The van der Waals surface area contributed by atoms with Crippen molar-refractivity contribution in [2.45, 2.75) is 11.8 Å². The lowest BCUT2D eigenvalue weighted by Crippen LogP contribution is -2.49. The molecule has 1 amide bonds. The van der Waals surface area contributed by atoms with E-state index in [0.29, 0.717) is 6.54 Å². The zero-order valence-electron chi connectivity index (χ0n) is 13.5. The first-order valence-electron chi connectivity index (χ1n) is 7.77. The number of aromatic nitrogens is 2. The van der Waals surface area contributed by atoms with Crippen molar-refractivity contribution in [2.75, 3.05) is 25.9 Å². The van der Waals surface area contributed by atoms with Crippen molar-refractivity contribution in [2.24, 2.45) is 7.05 Å². The summed E-state index contributed by atoms with van der Waals surface area (Å²) in [5.74, 6) is 1.97. The van der Waals surface area contributed by atoms with E-state index in [1.165, 1.54) is 5.56 Å². The Hall–Kier alpha value is -1.79. The number of nitrogens with zero attached hydrogens (tertiary/aromatic N) is 3. The minimum Gasteiger partial charge on any atom is -0.336 e. The van der Waals surface area contributed by atoms with E-state index in [2.05, 4.69) is 16.6 Å². The third-order valence-electron chi connectivity index (χ3n) is 4.17. The van der Waals surface area contributed by atoms with Crippen LogP contribution in [0, 0.1) is 0 Å². The van der Waals surface area contributed by atoms with Crippen LogP contribution in [0.2, 0.25) is 0 Å². The summed E-state index contributed by atoms with van der Waals surface area (Å²) in [5, 5.41) is 3.36. The lowest BCUT2D eigenvalue weighted by molar-refractivity contribution is 0.0621. The fourth-order valence-corrected chi connectivity index (χ4v) is 3.48. The molecule has 1 atom stereocenters. The second-order valence-electron chi connectivity index (χ2n) is 5.74. The average Bonchev–Trinajstić information content (AvgIpc) is 3.01. The maximum atomic E-state index is 12.9. The van der Waals surface area contributed by atoms with Crippen molar-refractivity contribution in [3.63, 3.8) is 0 Å². The summed E-state index contributed by atoms with van der Waals surface area (Å²) >= 11 is 1.78. The van der Waals surface area contributed by atoms with Gasteiger partial charge in [0.2, 0.25) is 0 Å². The van der Waals surface area contributed by atoms with E-state index in [1.807, 2.05) is 47.0 Å². The quantitative estimate of drug-likeness (QED) is 0.932. The number of piperazine rings is 1. The number of amides is 1. The second kappa shape index (κ2) is 7.19. The topological polar surface area (TPSA) is 50.2 Å². The van der Waals surface area contributed by atoms with Gasteiger partial charge < -0.3 is 14.8 Å². The normalized spacial score (nSPS) is 18.2. The fraction of sp³-hybridized carbons (Fsp3) is 0.412. The van der Waals surface area contributed by atoms with E-state index in [4.69, 9.17) is 0 Å². The molecule has 1 saturated heterocycles. The minimum atomic E-state index is -0.0258. The van der Waals surface area contributed by atoms with Crippen LogP contribution in [0.1, 0.15) is 27.8 Å². The Bertz CT molecular complexity index is 667. The Morgan fingerprint density at radius 1 is 1.39 bits per heavy atom. The molecule has 0 aliphatic carbocycles. The van der Waals surface area contributed by atoms with Gasteiger partial charge in [0.1, 0.15) is 11.9 Å². The number of thioether (sulfide) groups is 1. The van der Waals surface area contributed by atoms with Crippen LogP contribution >= 0.6 is 11.8 Å². The largest absolute Gasteiger partial charge is 0.336 e. The molecule has 2 heterocycles. The Balaban J connectivity index is 1.82. The Kier molecular flexibility index (Phi) is 5.03. The van der Waals surface area contributed by atoms with Crippen LogP contribution in [0.3, 0.4) is 0 Å². The number of carbonyl (C=O) groups excluding carboxylic acids is 1. The number of hydrogen-bond donors (Lipinski definition) is 1. The number of rotatable bonds is 4. The number of aryl methyl sites for hydroxylation is 1. The standard InChI is InChI=1S/C17H22N4OS/c1-20-9-8-19-16(20)15-11-18-7-10-21(15)17(22)14-5-3-13(4-6-14)12-23-2/h3-6,8-9,15,18H,7,10-12H2,1-2H3. The van der Waals surface area contributed by atoms with Crippen LogP contribution in [-0.4, -0.2) is 46.2 Å². The van der Waals surface area contributed by atoms with Crippen molar-refractivity contribution >= 4 is 17.7 Å². The predicted octanol–water partition coefficient (Wildman–Crippen LogP) is 2.07. The first-order chi connectivity index (χ1) is 11.2. The first-order valence-corrected chi connectivity index (χ1v) is 9.17. The number of hydrogen-bond acceptors (Lipinski definition) is 4. The highest BCUT2D eigenvalue weighted by atomic mass is 32.2. The van der Waals surface area contributed by atoms with Crippen LogP contribution in [0.4, 0.5) is 0 Å². The zero-order valence-corrected chi connectivity index (χ0v) is 14.3. The van der Waals surface area contributed by atoms with Crippen LogP contribution < -0.4 is 5.32 Å². The van der Waals surface area contributed by atoms with Crippen molar-refractivity contribution in [3.8, 4) is 0 Å². The van der Waals surface area contributed by atoms with Gasteiger partial charge in [-0.1, -0.05) is 12.1 Å². The van der Waals surface area contributed by atoms with Gasteiger partial charge in [-0.3, -0.25) is 4.79 Å². The van der Waals surface area contributed by atoms with Gasteiger partial charge in [0.25, 0.3) is 5.91 Å². The Morgan fingerprint density at radius 2 is 2.17 bits per heavy atom. The van der Waals surface area contributed by atoms with Gasteiger partial charge >= 0.3 is 0 Å². The highest BCUT2D eigenvalue weighted by Gasteiger charge is 2.30. The Morgan fingerprint density at radius 3 is 2.83 bits per heavy atom. The molecular formula is C17H22N4OS. The van der Waals surface area contributed by atoms with E-state index in [-0.39, 0.29) is 11.9 Å². The van der Waals surface area contributed by atoms with Crippen LogP contribution in [0.25, 0.3) is 0 Å². The smallest absolute Gasteiger partial charge is 0.254 e. The van der Waals surface area contributed by atoms with Gasteiger partial charge in [-0.2, -0.15) is 11.8 Å². The third kappa shape index (κ3) is 3.43. The van der Waals surface area contributed by atoms with Gasteiger partial charge in [0.15, 0.2) is 0 Å². The lowest BCUT2D eigenvalue weighted by atomic mass is 10.1. The minimum absolute atomic E-state index is 0.0258. The SMILES string of the molecule is CSCc1ccc(C(=O)N2CCNCC2c2nccn2C)cc1. The van der Waals surface area contributed by atoms with Gasteiger partial charge in [-0.05, 0) is 24.0 Å². The molecule has 1 aliphatic heterocycles. The number of imidazole rings is 1. The zero-order chi connectivity index (χ0) is 16.2. The summed E-state index contributed by atoms with van der Waals surface area (Å²) in [4.78, 5) is 19.3. The van der Waals surface area contributed by atoms with Crippen molar-refractivity contribution in [3.05, 3.63) is 53.6 Å². The molecule has 0 radical (unpaired) electrons. The maximum absolute atomic E-state index is 12.9. The molecule has 1 aliphatic rings. The van der Waals surface area contributed by atoms with Crippen LogP contribution in [0.5, 0.6) is 0 Å². The molecule has 6 heteroatoms. The van der Waals surface area contributed by atoms with E-state index in [0.717, 1.165) is 30.2 Å². The molecular weight excluding hydrogens is 308 g/mol. The molecule has 1 aromatic heterocycles. The van der Waals surface area contributed by atoms with Crippen molar-refractivity contribution in [1.29, 1.82) is 0 Å². The number of benzene rings is 1. The molecule has 1 aromatic carbocycles. The van der Waals surface area contributed by atoms with E-state index < -0.39 is 0 Å². The molecule has 122 valence electrons.